The van der Waals surface area contributed by atoms with Gasteiger partial charge in [0, 0.05) is 13.0 Å². The van der Waals surface area contributed by atoms with Crippen LogP contribution in [-0.4, -0.2) is 17.6 Å². The SMILES string of the molecule is CC(C)(C)CCCC(=O)NCC(O)c1ccc(F)cc1. The highest BCUT2D eigenvalue weighted by atomic mass is 19.1. The molecular weight excluding hydrogens is 257 g/mol. The Morgan fingerprint density at radius 3 is 2.45 bits per heavy atom. The van der Waals surface area contributed by atoms with Crippen molar-refractivity contribution >= 4 is 5.91 Å². The van der Waals surface area contributed by atoms with Gasteiger partial charge in [-0.05, 0) is 36.0 Å². The highest BCUT2D eigenvalue weighted by Gasteiger charge is 2.12. The van der Waals surface area contributed by atoms with E-state index in [0.29, 0.717) is 12.0 Å². The Balaban J connectivity index is 2.28. The van der Waals surface area contributed by atoms with Crippen LogP contribution in [0.3, 0.4) is 0 Å². The molecule has 1 aromatic rings. The van der Waals surface area contributed by atoms with Crippen molar-refractivity contribution in [2.24, 2.45) is 5.41 Å². The molecule has 0 radical (unpaired) electrons. The van der Waals surface area contributed by atoms with E-state index >= 15 is 0 Å². The minimum atomic E-state index is -0.804. The Morgan fingerprint density at radius 2 is 1.90 bits per heavy atom. The lowest BCUT2D eigenvalue weighted by atomic mass is 9.90. The Bertz CT molecular complexity index is 423. The summed E-state index contributed by atoms with van der Waals surface area (Å²) in [7, 11) is 0. The lowest BCUT2D eigenvalue weighted by molar-refractivity contribution is -0.121. The lowest BCUT2D eigenvalue weighted by Crippen LogP contribution is -2.28. The van der Waals surface area contributed by atoms with E-state index in [2.05, 4.69) is 26.1 Å². The second-order valence-corrected chi connectivity index (χ2v) is 6.29. The molecular formula is C16H24FNO2. The average molecular weight is 281 g/mol. The van der Waals surface area contributed by atoms with E-state index in [1.165, 1.54) is 24.3 Å². The molecule has 0 saturated carbocycles. The van der Waals surface area contributed by atoms with Gasteiger partial charge in [-0.1, -0.05) is 32.9 Å². The molecule has 3 nitrogen and oxygen atoms in total. The summed E-state index contributed by atoms with van der Waals surface area (Å²) in [6, 6.07) is 5.63. The van der Waals surface area contributed by atoms with Crippen molar-refractivity contribution in [2.75, 3.05) is 6.54 Å². The predicted molar refractivity (Wildman–Crippen MR) is 77.7 cm³/mol. The van der Waals surface area contributed by atoms with E-state index < -0.39 is 6.10 Å². The van der Waals surface area contributed by atoms with Crippen LogP contribution in [0, 0.1) is 11.2 Å². The lowest BCUT2D eigenvalue weighted by Gasteiger charge is -2.17. The number of carbonyl (C=O) groups excluding carboxylic acids is 1. The third kappa shape index (κ3) is 6.66. The maximum Gasteiger partial charge on any atom is 0.220 e. The van der Waals surface area contributed by atoms with Gasteiger partial charge in [-0.25, -0.2) is 4.39 Å². The standard InChI is InChI=1S/C16H24FNO2/c1-16(2,3)10-4-5-15(20)18-11-14(19)12-6-8-13(17)9-7-12/h6-9,14,19H,4-5,10-11H2,1-3H3,(H,18,20). The number of aliphatic hydroxyl groups is 1. The largest absolute Gasteiger partial charge is 0.387 e. The smallest absolute Gasteiger partial charge is 0.220 e. The van der Waals surface area contributed by atoms with Crippen LogP contribution in [0.15, 0.2) is 24.3 Å². The summed E-state index contributed by atoms with van der Waals surface area (Å²) in [6.45, 7) is 6.58. The van der Waals surface area contributed by atoms with E-state index in [9.17, 15) is 14.3 Å². The van der Waals surface area contributed by atoms with Crippen LogP contribution in [0.2, 0.25) is 0 Å². The Kier molecular flexibility index (Phi) is 6.14. The molecule has 0 aliphatic rings. The van der Waals surface area contributed by atoms with Gasteiger partial charge < -0.3 is 10.4 Å². The highest BCUT2D eigenvalue weighted by Crippen LogP contribution is 2.21. The van der Waals surface area contributed by atoms with Crippen LogP contribution in [-0.2, 0) is 4.79 Å². The molecule has 20 heavy (non-hydrogen) atoms. The van der Waals surface area contributed by atoms with Gasteiger partial charge in [-0.15, -0.1) is 0 Å². The molecule has 0 aliphatic carbocycles. The molecule has 0 fully saturated rings. The van der Waals surface area contributed by atoms with Crippen LogP contribution in [0.25, 0.3) is 0 Å². The first-order valence-electron chi connectivity index (χ1n) is 6.98. The molecule has 0 heterocycles. The summed E-state index contributed by atoms with van der Waals surface area (Å²) in [5.74, 6) is -0.400. The van der Waals surface area contributed by atoms with Gasteiger partial charge in [0.15, 0.2) is 0 Å². The van der Waals surface area contributed by atoms with Crippen molar-refractivity contribution in [2.45, 2.75) is 46.1 Å². The summed E-state index contributed by atoms with van der Waals surface area (Å²) in [5, 5.41) is 12.6. The fourth-order valence-corrected chi connectivity index (χ4v) is 1.88. The van der Waals surface area contributed by atoms with Crippen molar-refractivity contribution in [1.82, 2.24) is 5.32 Å². The number of rotatable bonds is 6. The molecule has 0 spiro atoms. The molecule has 0 aliphatic heterocycles. The minimum absolute atomic E-state index is 0.0598. The zero-order valence-corrected chi connectivity index (χ0v) is 12.4. The average Bonchev–Trinajstić information content (AvgIpc) is 2.35. The fourth-order valence-electron chi connectivity index (χ4n) is 1.88. The zero-order chi connectivity index (χ0) is 15.2. The fraction of sp³-hybridized carbons (Fsp3) is 0.562. The first-order chi connectivity index (χ1) is 9.28. The number of nitrogens with one attached hydrogen (secondary N) is 1. The van der Waals surface area contributed by atoms with Gasteiger partial charge in [0.2, 0.25) is 5.91 Å². The molecule has 2 N–H and O–H groups in total. The van der Waals surface area contributed by atoms with Crippen LogP contribution in [0.5, 0.6) is 0 Å². The molecule has 1 amide bonds. The predicted octanol–water partition coefficient (Wildman–Crippen LogP) is 3.19. The van der Waals surface area contributed by atoms with Crippen LogP contribution < -0.4 is 5.32 Å². The molecule has 0 saturated heterocycles. The van der Waals surface area contributed by atoms with E-state index in [1.807, 2.05) is 0 Å². The summed E-state index contributed by atoms with van der Waals surface area (Å²) < 4.78 is 12.7. The van der Waals surface area contributed by atoms with E-state index in [0.717, 1.165) is 12.8 Å². The number of hydrogen-bond acceptors (Lipinski definition) is 2. The molecule has 1 atom stereocenters. The van der Waals surface area contributed by atoms with Crippen LogP contribution in [0.1, 0.15) is 51.7 Å². The third-order valence-electron chi connectivity index (χ3n) is 3.08. The normalized spacial score (nSPS) is 13.1. The molecule has 4 heteroatoms. The van der Waals surface area contributed by atoms with Crippen molar-refractivity contribution in [3.63, 3.8) is 0 Å². The number of carbonyl (C=O) groups is 1. The second kappa shape index (κ2) is 7.39. The summed E-state index contributed by atoms with van der Waals surface area (Å²) in [4.78, 5) is 11.6. The molecule has 0 bridgehead atoms. The maximum atomic E-state index is 12.7. The van der Waals surface area contributed by atoms with Gasteiger partial charge in [0.25, 0.3) is 0 Å². The molecule has 1 rings (SSSR count). The number of hydrogen-bond donors (Lipinski definition) is 2. The second-order valence-electron chi connectivity index (χ2n) is 6.29. The van der Waals surface area contributed by atoms with E-state index in [4.69, 9.17) is 0 Å². The third-order valence-corrected chi connectivity index (χ3v) is 3.08. The van der Waals surface area contributed by atoms with Crippen LogP contribution in [0.4, 0.5) is 4.39 Å². The Labute approximate surface area is 120 Å². The highest BCUT2D eigenvalue weighted by molar-refractivity contribution is 5.75. The molecule has 112 valence electrons. The molecule has 1 aromatic carbocycles. The zero-order valence-electron chi connectivity index (χ0n) is 12.4. The van der Waals surface area contributed by atoms with Gasteiger partial charge in [-0.2, -0.15) is 0 Å². The van der Waals surface area contributed by atoms with Crippen molar-refractivity contribution in [3.05, 3.63) is 35.6 Å². The summed E-state index contributed by atoms with van der Waals surface area (Å²) >= 11 is 0. The first kappa shape index (κ1) is 16.6. The monoisotopic (exact) mass is 281 g/mol. The quantitative estimate of drug-likeness (QED) is 0.841. The number of aliphatic hydroxyl groups excluding tert-OH is 1. The summed E-state index contributed by atoms with van der Waals surface area (Å²) in [6.07, 6.45) is 1.48. The van der Waals surface area contributed by atoms with Crippen molar-refractivity contribution in [3.8, 4) is 0 Å². The summed E-state index contributed by atoms with van der Waals surface area (Å²) in [5.41, 5.74) is 0.829. The van der Waals surface area contributed by atoms with Gasteiger partial charge in [0.1, 0.15) is 5.82 Å². The van der Waals surface area contributed by atoms with Crippen LogP contribution >= 0.6 is 0 Å². The number of benzene rings is 1. The maximum absolute atomic E-state index is 12.7. The number of amides is 1. The van der Waals surface area contributed by atoms with Crippen molar-refractivity contribution in [1.29, 1.82) is 0 Å². The van der Waals surface area contributed by atoms with Gasteiger partial charge in [0.05, 0.1) is 6.10 Å². The topological polar surface area (TPSA) is 49.3 Å². The van der Waals surface area contributed by atoms with Gasteiger partial charge >= 0.3 is 0 Å². The molecule has 0 aromatic heterocycles. The minimum Gasteiger partial charge on any atom is -0.387 e. The Hall–Kier alpha value is -1.42. The Morgan fingerprint density at radius 1 is 1.30 bits per heavy atom. The van der Waals surface area contributed by atoms with E-state index in [1.54, 1.807) is 0 Å². The number of halogens is 1. The molecule has 1 unspecified atom stereocenters. The van der Waals surface area contributed by atoms with Crippen molar-refractivity contribution < 1.29 is 14.3 Å². The first-order valence-corrected chi connectivity index (χ1v) is 6.98. The van der Waals surface area contributed by atoms with Gasteiger partial charge in [-0.3, -0.25) is 4.79 Å². The van der Waals surface area contributed by atoms with E-state index in [-0.39, 0.29) is 23.7 Å².